The zero-order valence-corrected chi connectivity index (χ0v) is 20.0. The van der Waals surface area contributed by atoms with Crippen molar-refractivity contribution < 1.29 is 19.0 Å². The van der Waals surface area contributed by atoms with Crippen molar-refractivity contribution in [1.82, 2.24) is 9.99 Å². The van der Waals surface area contributed by atoms with Crippen molar-refractivity contribution in [3.8, 4) is 17.2 Å². The monoisotopic (exact) mass is 517 g/mol. The van der Waals surface area contributed by atoms with Gasteiger partial charge in [-0.05, 0) is 65.4 Å². The van der Waals surface area contributed by atoms with Gasteiger partial charge in [-0.1, -0.05) is 23.7 Å². The molecule has 0 fully saturated rings. The van der Waals surface area contributed by atoms with Gasteiger partial charge in [-0.3, -0.25) is 15.2 Å². The van der Waals surface area contributed by atoms with E-state index in [-0.39, 0.29) is 18.2 Å². The molecule has 6 rings (SSSR count). The molecule has 4 heterocycles. The molecule has 1 amide bonds. The summed E-state index contributed by atoms with van der Waals surface area (Å²) in [7, 11) is 0. The number of amides is 1. The Morgan fingerprint density at radius 1 is 1.17 bits per heavy atom. The quantitative estimate of drug-likeness (QED) is 0.488. The van der Waals surface area contributed by atoms with Crippen LogP contribution in [0.1, 0.15) is 16.7 Å². The fourth-order valence-corrected chi connectivity index (χ4v) is 4.81. The minimum atomic E-state index is -0.513. The van der Waals surface area contributed by atoms with Crippen LogP contribution >= 0.6 is 23.4 Å². The molecule has 0 atom stereocenters. The summed E-state index contributed by atoms with van der Waals surface area (Å²) >= 11 is 7.67. The van der Waals surface area contributed by atoms with Crippen LogP contribution in [0.3, 0.4) is 0 Å². The van der Waals surface area contributed by atoms with Crippen molar-refractivity contribution in [3.05, 3.63) is 88.2 Å². The summed E-state index contributed by atoms with van der Waals surface area (Å²) in [4.78, 5) is 20.9. The zero-order chi connectivity index (χ0) is 24.6. The molecule has 0 radical (unpaired) electrons. The molecular formula is C25H16ClN5O4S. The second-order valence-corrected chi connectivity index (χ2v) is 9.20. The highest BCUT2D eigenvalue weighted by Gasteiger charge is 2.36. The number of carbonyl (C=O) groups excluding carboxylic acids is 1. The largest absolute Gasteiger partial charge is 0.487 e. The number of nitrogens with one attached hydrogen (secondary N) is 1. The van der Waals surface area contributed by atoms with Crippen molar-refractivity contribution in [1.29, 1.82) is 5.41 Å². The predicted octanol–water partition coefficient (Wildman–Crippen LogP) is 4.71. The Morgan fingerprint density at radius 2 is 2.06 bits per heavy atom. The number of hydrazone groups is 1. The number of pyridine rings is 1. The normalized spacial score (nSPS) is 17.2. The van der Waals surface area contributed by atoms with Gasteiger partial charge >= 0.3 is 0 Å². The molecule has 1 N–H and O–H groups in total. The summed E-state index contributed by atoms with van der Waals surface area (Å²) in [5.74, 6) is 1.31. The second-order valence-electron chi connectivity index (χ2n) is 7.83. The van der Waals surface area contributed by atoms with Crippen molar-refractivity contribution in [2.75, 3.05) is 6.79 Å². The third-order valence-electron chi connectivity index (χ3n) is 5.46. The number of halogens is 1. The lowest BCUT2D eigenvalue weighted by atomic mass is 10.1. The predicted molar refractivity (Wildman–Crippen MR) is 137 cm³/mol. The average Bonchev–Trinajstić information content (AvgIpc) is 3.53. The Balaban J connectivity index is 1.19. The van der Waals surface area contributed by atoms with Crippen LogP contribution < -0.4 is 14.2 Å². The lowest BCUT2D eigenvalue weighted by Crippen LogP contribution is -2.35. The molecule has 36 heavy (non-hydrogen) atoms. The number of carbonyl (C=O) groups is 1. The van der Waals surface area contributed by atoms with Crippen molar-refractivity contribution in [3.63, 3.8) is 0 Å². The topological polar surface area (TPSA) is 109 Å². The third kappa shape index (κ3) is 4.21. The molecule has 0 spiro atoms. The molecule has 3 aliphatic heterocycles. The summed E-state index contributed by atoms with van der Waals surface area (Å²) in [6.07, 6.45) is 4.91. The maximum atomic E-state index is 12.7. The molecule has 3 aromatic rings. The molecule has 178 valence electrons. The highest BCUT2D eigenvalue weighted by molar-refractivity contribution is 8.27. The smallest absolute Gasteiger partial charge is 0.283 e. The lowest BCUT2D eigenvalue weighted by Gasteiger charge is -2.20. The van der Waals surface area contributed by atoms with Gasteiger partial charge in [-0.2, -0.15) is 15.1 Å². The Hall–Kier alpha value is -4.15. The Morgan fingerprint density at radius 3 is 2.89 bits per heavy atom. The van der Waals surface area contributed by atoms with Gasteiger partial charge in [0.15, 0.2) is 17.3 Å². The van der Waals surface area contributed by atoms with Crippen LogP contribution in [0.5, 0.6) is 17.2 Å². The number of ether oxygens (including phenoxy) is 3. The molecule has 0 saturated carbocycles. The number of nitrogens with zero attached hydrogens (tertiary/aromatic N) is 4. The fourth-order valence-electron chi connectivity index (χ4n) is 3.68. The average molecular weight is 518 g/mol. The van der Waals surface area contributed by atoms with Gasteiger partial charge in [0.05, 0.1) is 10.6 Å². The minimum absolute atomic E-state index is 0.0596. The molecule has 11 heteroatoms. The Kier molecular flexibility index (Phi) is 5.67. The molecule has 0 saturated heterocycles. The van der Waals surface area contributed by atoms with Crippen molar-refractivity contribution in [2.24, 2.45) is 10.1 Å². The van der Waals surface area contributed by atoms with Crippen molar-refractivity contribution in [2.45, 2.75) is 6.61 Å². The van der Waals surface area contributed by atoms with E-state index in [0.717, 1.165) is 11.1 Å². The molecule has 9 nitrogen and oxygen atoms in total. The van der Waals surface area contributed by atoms with E-state index >= 15 is 0 Å². The summed E-state index contributed by atoms with van der Waals surface area (Å²) in [5.41, 5.74) is 2.44. The van der Waals surface area contributed by atoms with Gasteiger partial charge in [0.2, 0.25) is 12.0 Å². The van der Waals surface area contributed by atoms with Crippen molar-refractivity contribution >= 4 is 51.4 Å². The number of amidine groups is 2. The number of hydrogen-bond donors (Lipinski definition) is 1. The van der Waals surface area contributed by atoms with Crippen LogP contribution in [0.25, 0.3) is 6.08 Å². The van der Waals surface area contributed by atoms with Gasteiger partial charge in [-0.15, -0.1) is 0 Å². The highest BCUT2D eigenvalue weighted by atomic mass is 35.5. The van der Waals surface area contributed by atoms with Gasteiger partial charge in [0.25, 0.3) is 5.91 Å². The minimum Gasteiger partial charge on any atom is -0.487 e. The fraction of sp³-hybridized carbons (Fsp3) is 0.0800. The summed E-state index contributed by atoms with van der Waals surface area (Å²) < 4.78 is 16.6. The summed E-state index contributed by atoms with van der Waals surface area (Å²) in [6, 6.07) is 14.4. The molecule has 2 aromatic carbocycles. The van der Waals surface area contributed by atoms with Gasteiger partial charge in [-0.25, -0.2) is 0 Å². The van der Waals surface area contributed by atoms with Crippen LogP contribution in [-0.2, 0) is 11.4 Å². The van der Waals surface area contributed by atoms with E-state index in [1.807, 2.05) is 24.3 Å². The van der Waals surface area contributed by atoms with Crippen LogP contribution in [0.2, 0.25) is 5.02 Å². The van der Waals surface area contributed by atoms with Crippen LogP contribution in [0.15, 0.2) is 76.6 Å². The first kappa shape index (κ1) is 22.3. The van der Waals surface area contributed by atoms with Crippen LogP contribution in [0.4, 0.5) is 0 Å². The Bertz CT molecular complexity index is 1510. The second kappa shape index (κ2) is 9.14. The molecule has 0 bridgehead atoms. The summed E-state index contributed by atoms with van der Waals surface area (Å²) in [6.45, 7) is 0.505. The standard InChI is InChI=1S/C25H16ClN5O4S/c26-18-9-14(3-5-19(18)33-12-15-4-6-20-21(10-15)35-13-34-20)8-17-22(27)31-25(29-23(17)32)36-24(30-31)16-2-1-7-28-11-16/h1-11,27H,12-13H2/b17-8-,27-22?. The number of fused-ring (bicyclic) bond motifs is 2. The van der Waals surface area contributed by atoms with E-state index in [4.69, 9.17) is 31.2 Å². The number of thioether (sulfide) groups is 1. The molecular weight excluding hydrogens is 502 g/mol. The molecule has 1 aromatic heterocycles. The third-order valence-corrected chi connectivity index (χ3v) is 6.71. The van der Waals surface area contributed by atoms with Gasteiger partial charge in [0.1, 0.15) is 17.4 Å². The molecule has 3 aliphatic rings. The Labute approximate surface area is 214 Å². The van der Waals surface area contributed by atoms with E-state index in [9.17, 15) is 4.79 Å². The number of aromatic nitrogens is 1. The van der Waals surface area contributed by atoms with E-state index in [2.05, 4.69) is 15.1 Å². The lowest BCUT2D eigenvalue weighted by molar-refractivity contribution is -0.114. The van der Waals surface area contributed by atoms with Gasteiger partial charge in [0, 0.05) is 18.0 Å². The SMILES string of the molecule is N=C1/C(=C/c2ccc(OCc3ccc4c(c3)OCO4)c(Cl)c2)C(=O)N=C2SC(c3cccnc3)=NN12. The first-order valence-electron chi connectivity index (χ1n) is 10.8. The number of benzene rings is 2. The molecule has 0 unspecified atom stereocenters. The first-order valence-corrected chi connectivity index (χ1v) is 12.0. The zero-order valence-electron chi connectivity index (χ0n) is 18.5. The maximum absolute atomic E-state index is 12.7. The number of hydrogen-bond acceptors (Lipinski definition) is 8. The van der Waals surface area contributed by atoms with E-state index in [1.54, 1.807) is 42.7 Å². The first-order chi connectivity index (χ1) is 17.5. The van der Waals surface area contributed by atoms with E-state index in [0.29, 0.717) is 44.7 Å². The maximum Gasteiger partial charge on any atom is 0.283 e. The number of aliphatic imine (C=N–C) groups is 1. The number of rotatable bonds is 5. The van der Waals surface area contributed by atoms with Gasteiger partial charge < -0.3 is 14.2 Å². The molecule has 0 aliphatic carbocycles. The van der Waals surface area contributed by atoms with E-state index < -0.39 is 5.91 Å². The highest BCUT2D eigenvalue weighted by Crippen LogP contribution is 2.34. The summed E-state index contributed by atoms with van der Waals surface area (Å²) in [5, 5.41) is 15.7. The van der Waals surface area contributed by atoms with Crippen LogP contribution in [-0.4, -0.2) is 38.7 Å². The van der Waals surface area contributed by atoms with Crippen LogP contribution in [0, 0.1) is 5.41 Å². The van der Waals surface area contributed by atoms with E-state index in [1.165, 1.54) is 16.8 Å².